The molecule has 0 aliphatic carbocycles. The van der Waals surface area contributed by atoms with E-state index in [1.807, 2.05) is 24.3 Å². The number of halogens is 1. The first-order valence-electron chi connectivity index (χ1n) is 8.10. The first-order valence-corrected chi connectivity index (χ1v) is 10.4. The van der Waals surface area contributed by atoms with Crippen LogP contribution >= 0.6 is 10.7 Å². The van der Waals surface area contributed by atoms with Gasteiger partial charge in [-0.25, -0.2) is 8.42 Å². The molecule has 1 fully saturated rings. The Balaban J connectivity index is 1.56. The standard InChI is InChI=1S/C18H20ClNO4S/c19-25(21,22)18-7-3-16(4-8-18)15-1-5-17(6-2-15)24-14-11-20-9-12-23-13-10-20/h1-8H,9-14H2. The van der Waals surface area contributed by atoms with E-state index in [2.05, 4.69) is 4.90 Å². The minimum absolute atomic E-state index is 0.0981. The maximum Gasteiger partial charge on any atom is 0.261 e. The fourth-order valence-electron chi connectivity index (χ4n) is 2.67. The van der Waals surface area contributed by atoms with Crippen LogP contribution in [0.2, 0.25) is 0 Å². The number of morpholine rings is 1. The zero-order valence-corrected chi connectivity index (χ0v) is 15.3. The molecule has 1 heterocycles. The molecule has 134 valence electrons. The molecule has 2 aromatic carbocycles. The molecule has 0 atom stereocenters. The molecule has 0 bridgehead atoms. The molecule has 0 unspecified atom stereocenters. The van der Waals surface area contributed by atoms with Crippen molar-refractivity contribution in [3.8, 4) is 16.9 Å². The van der Waals surface area contributed by atoms with E-state index >= 15 is 0 Å². The third-order valence-corrected chi connectivity index (χ3v) is 5.47. The molecule has 0 N–H and O–H groups in total. The van der Waals surface area contributed by atoms with Gasteiger partial charge in [0.25, 0.3) is 9.05 Å². The van der Waals surface area contributed by atoms with Crippen molar-refractivity contribution in [2.24, 2.45) is 0 Å². The van der Waals surface area contributed by atoms with Gasteiger partial charge in [0.2, 0.25) is 0 Å². The summed E-state index contributed by atoms with van der Waals surface area (Å²) >= 11 is 0. The van der Waals surface area contributed by atoms with Gasteiger partial charge in [-0.1, -0.05) is 24.3 Å². The van der Waals surface area contributed by atoms with Gasteiger partial charge in [-0.15, -0.1) is 0 Å². The highest BCUT2D eigenvalue weighted by Gasteiger charge is 2.11. The Labute approximate surface area is 152 Å². The number of benzene rings is 2. The summed E-state index contributed by atoms with van der Waals surface area (Å²) in [6.45, 7) is 5.02. The van der Waals surface area contributed by atoms with E-state index in [-0.39, 0.29) is 4.90 Å². The molecule has 0 amide bonds. The quantitative estimate of drug-likeness (QED) is 0.720. The molecule has 1 saturated heterocycles. The van der Waals surface area contributed by atoms with Gasteiger partial charge in [0, 0.05) is 30.3 Å². The number of hydrogen-bond donors (Lipinski definition) is 0. The van der Waals surface area contributed by atoms with E-state index in [1.54, 1.807) is 12.1 Å². The lowest BCUT2D eigenvalue weighted by Crippen LogP contribution is -2.38. The van der Waals surface area contributed by atoms with Crippen molar-refractivity contribution >= 4 is 19.7 Å². The van der Waals surface area contributed by atoms with Crippen molar-refractivity contribution in [2.45, 2.75) is 4.90 Å². The summed E-state index contributed by atoms with van der Waals surface area (Å²) in [5.41, 5.74) is 1.91. The topological polar surface area (TPSA) is 55.8 Å². The van der Waals surface area contributed by atoms with Crippen LogP contribution < -0.4 is 4.74 Å². The summed E-state index contributed by atoms with van der Waals surface area (Å²) < 4.78 is 33.7. The molecule has 5 nitrogen and oxygen atoms in total. The van der Waals surface area contributed by atoms with Crippen molar-refractivity contribution in [2.75, 3.05) is 39.5 Å². The van der Waals surface area contributed by atoms with Crippen LogP contribution in [0.4, 0.5) is 0 Å². The van der Waals surface area contributed by atoms with Crippen molar-refractivity contribution in [1.82, 2.24) is 4.90 Å². The van der Waals surface area contributed by atoms with Gasteiger partial charge in [-0.05, 0) is 35.4 Å². The van der Waals surface area contributed by atoms with Crippen LogP contribution in [-0.4, -0.2) is 52.8 Å². The zero-order valence-electron chi connectivity index (χ0n) is 13.7. The average Bonchev–Trinajstić information content (AvgIpc) is 2.63. The van der Waals surface area contributed by atoms with Crippen molar-refractivity contribution in [1.29, 1.82) is 0 Å². The Morgan fingerprint density at radius 2 is 1.52 bits per heavy atom. The predicted molar refractivity (Wildman–Crippen MR) is 97.7 cm³/mol. The Hall–Kier alpha value is -1.60. The lowest BCUT2D eigenvalue weighted by atomic mass is 10.1. The second kappa shape index (κ2) is 8.19. The van der Waals surface area contributed by atoms with E-state index in [0.717, 1.165) is 49.7 Å². The number of hydrogen-bond acceptors (Lipinski definition) is 5. The molecular formula is C18H20ClNO4S. The third-order valence-electron chi connectivity index (χ3n) is 4.10. The largest absolute Gasteiger partial charge is 0.492 e. The van der Waals surface area contributed by atoms with Crippen molar-refractivity contribution in [3.63, 3.8) is 0 Å². The van der Waals surface area contributed by atoms with Gasteiger partial charge in [0.1, 0.15) is 12.4 Å². The molecule has 25 heavy (non-hydrogen) atoms. The van der Waals surface area contributed by atoms with Crippen LogP contribution in [0, 0.1) is 0 Å². The predicted octanol–water partition coefficient (Wildman–Crippen LogP) is 2.99. The molecule has 1 aliphatic heterocycles. The fourth-order valence-corrected chi connectivity index (χ4v) is 3.44. The van der Waals surface area contributed by atoms with Crippen LogP contribution in [0.5, 0.6) is 5.75 Å². The van der Waals surface area contributed by atoms with Gasteiger partial charge in [-0.2, -0.15) is 0 Å². The summed E-state index contributed by atoms with van der Waals surface area (Å²) in [6, 6.07) is 14.2. The first kappa shape index (κ1) is 18.2. The fraction of sp³-hybridized carbons (Fsp3) is 0.333. The lowest BCUT2D eigenvalue weighted by molar-refractivity contribution is 0.0322. The van der Waals surface area contributed by atoms with Gasteiger partial charge < -0.3 is 9.47 Å². The van der Waals surface area contributed by atoms with Crippen molar-refractivity contribution in [3.05, 3.63) is 48.5 Å². The van der Waals surface area contributed by atoms with Crippen molar-refractivity contribution < 1.29 is 17.9 Å². The number of nitrogens with zero attached hydrogens (tertiary/aromatic N) is 1. The number of ether oxygens (including phenoxy) is 2. The van der Waals surface area contributed by atoms with Gasteiger partial charge in [0.05, 0.1) is 18.1 Å². The van der Waals surface area contributed by atoms with E-state index in [9.17, 15) is 8.42 Å². The first-order chi connectivity index (χ1) is 12.0. The number of rotatable bonds is 6. The van der Waals surface area contributed by atoms with E-state index in [0.29, 0.717) is 6.61 Å². The second-order valence-corrected chi connectivity index (χ2v) is 8.36. The smallest absolute Gasteiger partial charge is 0.261 e. The zero-order chi connectivity index (χ0) is 17.7. The summed E-state index contributed by atoms with van der Waals surface area (Å²) in [5.74, 6) is 0.817. The summed E-state index contributed by atoms with van der Waals surface area (Å²) in [7, 11) is 1.64. The Morgan fingerprint density at radius 1 is 0.960 bits per heavy atom. The van der Waals surface area contributed by atoms with Gasteiger partial charge in [0.15, 0.2) is 0 Å². The highest BCUT2D eigenvalue weighted by Crippen LogP contribution is 2.24. The molecule has 1 aliphatic rings. The minimum atomic E-state index is -3.69. The molecule has 3 rings (SSSR count). The normalized spacial score (nSPS) is 15.9. The highest BCUT2D eigenvalue weighted by molar-refractivity contribution is 8.13. The van der Waals surface area contributed by atoms with E-state index in [1.165, 1.54) is 12.1 Å². The van der Waals surface area contributed by atoms with Gasteiger partial charge >= 0.3 is 0 Å². The Bertz CT molecular complexity index is 785. The van der Waals surface area contributed by atoms with Gasteiger partial charge in [-0.3, -0.25) is 4.90 Å². The summed E-state index contributed by atoms with van der Waals surface area (Å²) in [6.07, 6.45) is 0. The van der Waals surface area contributed by atoms with Crippen LogP contribution in [0.3, 0.4) is 0 Å². The molecule has 0 radical (unpaired) electrons. The maximum atomic E-state index is 11.3. The Kier molecular flexibility index (Phi) is 5.96. The monoisotopic (exact) mass is 381 g/mol. The second-order valence-electron chi connectivity index (χ2n) is 5.79. The van der Waals surface area contributed by atoms with E-state index < -0.39 is 9.05 Å². The molecule has 7 heteroatoms. The molecule has 0 saturated carbocycles. The van der Waals surface area contributed by atoms with Crippen LogP contribution in [0.1, 0.15) is 0 Å². The van der Waals surface area contributed by atoms with Crippen LogP contribution in [0.25, 0.3) is 11.1 Å². The maximum absolute atomic E-state index is 11.3. The molecule has 0 aromatic heterocycles. The molecule has 0 spiro atoms. The van der Waals surface area contributed by atoms with Crippen LogP contribution in [-0.2, 0) is 13.8 Å². The average molecular weight is 382 g/mol. The lowest BCUT2D eigenvalue weighted by Gasteiger charge is -2.26. The molecular weight excluding hydrogens is 362 g/mol. The molecule has 2 aromatic rings. The van der Waals surface area contributed by atoms with E-state index in [4.69, 9.17) is 20.2 Å². The summed E-state index contributed by atoms with van der Waals surface area (Å²) in [5, 5.41) is 0. The summed E-state index contributed by atoms with van der Waals surface area (Å²) in [4.78, 5) is 2.42. The van der Waals surface area contributed by atoms with Crippen LogP contribution in [0.15, 0.2) is 53.4 Å². The SMILES string of the molecule is O=S(=O)(Cl)c1ccc(-c2ccc(OCCN3CCOCC3)cc2)cc1. The third kappa shape index (κ3) is 5.19. The highest BCUT2D eigenvalue weighted by atomic mass is 35.7. The minimum Gasteiger partial charge on any atom is -0.492 e. The Morgan fingerprint density at radius 3 is 2.08 bits per heavy atom.